The predicted octanol–water partition coefficient (Wildman–Crippen LogP) is 0.516. The van der Waals surface area contributed by atoms with E-state index in [4.69, 9.17) is 5.11 Å². The molecule has 0 aliphatic heterocycles. The van der Waals surface area contributed by atoms with Crippen molar-refractivity contribution >= 4 is 0 Å². The molecule has 0 saturated heterocycles. The SMILES string of the molecule is CCCC(C)(O)CNCc1cnn(CCO)c1. The molecule has 0 fully saturated rings. The number of nitrogens with zero attached hydrogens (tertiary/aromatic N) is 2. The first-order chi connectivity index (χ1) is 8.07. The highest BCUT2D eigenvalue weighted by molar-refractivity contribution is 5.03. The van der Waals surface area contributed by atoms with Crippen LogP contribution in [0.2, 0.25) is 0 Å². The third kappa shape index (κ3) is 5.30. The first-order valence-electron chi connectivity index (χ1n) is 6.12. The number of aliphatic hydroxyl groups excluding tert-OH is 1. The van der Waals surface area contributed by atoms with E-state index in [1.54, 1.807) is 10.9 Å². The summed E-state index contributed by atoms with van der Waals surface area (Å²) in [6.45, 7) is 5.79. The van der Waals surface area contributed by atoms with Crippen molar-refractivity contribution in [2.24, 2.45) is 0 Å². The summed E-state index contributed by atoms with van der Waals surface area (Å²) in [5, 5.41) is 26.1. The van der Waals surface area contributed by atoms with Gasteiger partial charge in [-0.15, -0.1) is 0 Å². The van der Waals surface area contributed by atoms with Crippen molar-refractivity contribution in [3.05, 3.63) is 18.0 Å². The van der Waals surface area contributed by atoms with Gasteiger partial charge in [0, 0.05) is 24.8 Å². The molecule has 1 aromatic heterocycles. The van der Waals surface area contributed by atoms with Crippen molar-refractivity contribution < 1.29 is 10.2 Å². The quantitative estimate of drug-likeness (QED) is 0.620. The summed E-state index contributed by atoms with van der Waals surface area (Å²) in [5.74, 6) is 0. The van der Waals surface area contributed by atoms with Gasteiger partial charge in [-0.25, -0.2) is 0 Å². The summed E-state index contributed by atoms with van der Waals surface area (Å²) >= 11 is 0. The van der Waals surface area contributed by atoms with Gasteiger partial charge in [0.25, 0.3) is 0 Å². The summed E-state index contributed by atoms with van der Waals surface area (Å²) in [7, 11) is 0. The lowest BCUT2D eigenvalue weighted by molar-refractivity contribution is 0.0498. The Kier molecular flexibility index (Phi) is 5.61. The molecule has 1 aromatic rings. The third-order valence-electron chi connectivity index (χ3n) is 2.64. The van der Waals surface area contributed by atoms with Crippen molar-refractivity contribution in [3.8, 4) is 0 Å². The molecule has 0 aliphatic carbocycles. The van der Waals surface area contributed by atoms with Crippen LogP contribution in [0.25, 0.3) is 0 Å². The normalized spacial score (nSPS) is 14.8. The number of aliphatic hydroxyl groups is 2. The molecule has 17 heavy (non-hydrogen) atoms. The maximum atomic E-state index is 9.97. The zero-order valence-electron chi connectivity index (χ0n) is 10.7. The van der Waals surface area contributed by atoms with Gasteiger partial charge < -0.3 is 15.5 Å². The summed E-state index contributed by atoms with van der Waals surface area (Å²) < 4.78 is 1.71. The Labute approximate surface area is 102 Å². The Balaban J connectivity index is 2.30. The zero-order valence-corrected chi connectivity index (χ0v) is 10.7. The van der Waals surface area contributed by atoms with E-state index in [2.05, 4.69) is 17.3 Å². The van der Waals surface area contributed by atoms with Crippen molar-refractivity contribution in [1.29, 1.82) is 0 Å². The Bertz CT molecular complexity index is 323. The highest BCUT2D eigenvalue weighted by Crippen LogP contribution is 2.10. The Morgan fingerprint density at radius 2 is 2.29 bits per heavy atom. The molecule has 1 heterocycles. The van der Waals surface area contributed by atoms with Crippen LogP contribution in [-0.4, -0.2) is 38.7 Å². The highest BCUT2D eigenvalue weighted by atomic mass is 16.3. The fourth-order valence-corrected chi connectivity index (χ4v) is 1.83. The second-order valence-electron chi connectivity index (χ2n) is 4.69. The largest absolute Gasteiger partial charge is 0.394 e. The van der Waals surface area contributed by atoms with Crippen LogP contribution in [-0.2, 0) is 13.1 Å². The van der Waals surface area contributed by atoms with Crippen molar-refractivity contribution in [1.82, 2.24) is 15.1 Å². The van der Waals surface area contributed by atoms with Gasteiger partial charge in [-0.2, -0.15) is 5.10 Å². The number of nitrogens with one attached hydrogen (secondary N) is 1. The second-order valence-corrected chi connectivity index (χ2v) is 4.69. The Morgan fingerprint density at radius 1 is 1.53 bits per heavy atom. The Hall–Kier alpha value is -0.910. The number of hydrogen-bond acceptors (Lipinski definition) is 4. The number of aromatic nitrogens is 2. The van der Waals surface area contributed by atoms with E-state index < -0.39 is 5.60 Å². The lowest BCUT2D eigenvalue weighted by Gasteiger charge is -2.22. The van der Waals surface area contributed by atoms with E-state index in [-0.39, 0.29) is 6.61 Å². The zero-order chi connectivity index (χ0) is 12.7. The maximum Gasteiger partial charge on any atom is 0.0743 e. The molecule has 1 atom stereocenters. The molecule has 0 radical (unpaired) electrons. The summed E-state index contributed by atoms with van der Waals surface area (Å²) in [6, 6.07) is 0. The van der Waals surface area contributed by atoms with Gasteiger partial charge in [0.15, 0.2) is 0 Å². The molecule has 3 N–H and O–H groups in total. The molecule has 5 nitrogen and oxygen atoms in total. The maximum absolute atomic E-state index is 9.97. The van der Waals surface area contributed by atoms with E-state index in [9.17, 15) is 5.11 Å². The summed E-state index contributed by atoms with van der Waals surface area (Å²) in [6.07, 6.45) is 5.45. The average Bonchev–Trinajstić information content (AvgIpc) is 2.66. The van der Waals surface area contributed by atoms with Crippen LogP contribution in [0.1, 0.15) is 32.3 Å². The van der Waals surface area contributed by atoms with Crippen molar-refractivity contribution in [2.45, 2.75) is 45.4 Å². The van der Waals surface area contributed by atoms with Gasteiger partial charge in [0.05, 0.1) is 24.9 Å². The van der Waals surface area contributed by atoms with Gasteiger partial charge >= 0.3 is 0 Å². The molecule has 0 bridgehead atoms. The van der Waals surface area contributed by atoms with Crippen molar-refractivity contribution in [2.75, 3.05) is 13.2 Å². The molecule has 98 valence electrons. The van der Waals surface area contributed by atoms with Crippen molar-refractivity contribution in [3.63, 3.8) is 0 Å². The minimum Gasteiger partial charge on any atom is -0.394 e. The van der Waals surface area contributed by atoms with Gasteiger partial charge in [0.2, 0.25) is 0 Å². The van der Waals surface area contributed by atoms with Crippen LogP contribution in [0.3, 0.4) is 0 Å². The van der Waals surface area contributed by atoms with Crippen LogP contribution in [0, 0.1) is 0 Å². The predicted molar refractivity (Wildman–Crippen MR) is 66.6 cm³/mol. The minimum absolute atomic E-state index is 0.0970. The fraction of sp³-hybridized carbons (Fsp3) is 0.750. The molecular formula is C12H23N3O2. The first-order valence-corrected chi connectivity index (χ1v) is 6.12. The molecule has 1 rings (SSSR count). The van der Waals surface area contributed by atoms with Gasteiger partial charge in [-0.3, -0.25) is 4.68 Å². The average molecular weight is 241 g/mol. The first kappa shape index (κ1) is 14.2. The molecule has 0 spiro atoms. The molecule has 0 aromatic carbocycles. The lowest BCUT2D eigenvalue weighted by Crippen LogP contribution is -2.37. The van der Waals surface area contributed by atoms with E-state index in [1.165, 1.54) is 0 Å². The second kappa shape index (κ2) is 6.74. The van der Waals surface area contributed by atoms with E-state index in [1.807, 2.05) is 13.1 Å². The topological polar surface area (TPSA) is 70.3 Å². The summed E-state index contributed by atoms with van der Waals surface area (Å²) in [5.41, 5.74) is 0.418. The van der Waals surface area contributed by atoms with Gasteiger partial charge in [-0.05, 0) is 13.3 Å². The van der Waals surface area contributed by atoms with Crippen LogP contribution < -0.4 is 5.32 Å². The van der Waals surface area contributed by atoms with Crippen LogP contribution >= 0.6 is 0 Å². The molecule has 5 heteroatoms. The van der Waals surface area contributed by atoms with Crippen LogP contribution in [0.5, 0.6) is 0 Å². The summed E-state index contributed by atoms with van der Waals surface area (Å²) in [4.78, 5) is 0. The molecule has 1 unspecified atom stereocenters. The lowest BCUT2D eigenvalue weighted by atomic mass is 10.0. The van der Waals surface area contributed by atoms with E-state index >= 15 is 0 Å². The van der Waals surface area contributed by atoms with Crippen LogP contribution in [0.4, 0.5) is 0 Å². The van der Waals surface area contributed by atoms with Gasteiger partial charge in [-0.1, -0.05) is 13.3 Å². The fourth-order valence-electron chi connectivity index (χ4n) is 1.83. The monoisotopic (exact) mass is 241 g/mol. The molecule has 0 aliphatic rings. The minimum atomic E-state index is -0.643. The number of hydrogen-bond donors (Lipinski definition) is 3. The Morgan fingerprint density at radius 3 is 2.94 bits per heavy atom. The van der Waals surface area contributed by atoms with E-state index in [0.717, 1.165) is 18.4 Å². The van der Waals surface area contributed by atoms with E-state index in [0.29, 0.717) is 19.6 Å². The van der Waals surface area contributed by atoms with Gasteiger partial charge in [0.1, 0.15) is 0 Å². The molecule has 0 amide bonds. The highest BCUT2D eigenvalue weighted by Gasteiger charge is 2.17. The number of rotatable bonds is 8. The molecular weight excluding hydrogens is 218 g/mol. The third-order valence-corrected chi connectivity index (χ3v) is 2.64. The smallest absolute Gasteiger partial charge is 0.0743 e. The standard InChI is InChI=1S/C12H23N3O2/c1-3-4-12(2,17)10-13-7-11-8-14-15(9-11)5-6-16/h8-9,13,16-17H,3-7,10H2,1-2H3. The molecule has 0 saturated carbocycles. The van der Waals surface area contributed by atoms with Crippen LogP contribution in [0.15, 0.2) is 12.4 Å².